The molecule has 1 fully saturated rings. The lowest BCUT2D eigenvalue weighted by molar-refractivity contribution is -0.130. The molecule has 5 nitrogen and oxygen atoms in total. The van der Waals surface area contributed by atoms with E-state index in [0.29, 0.717) is 6.42 Å². The number of para-hydroxylation sites is 1. The lowest BCUT2D eigenvalue weighted by atomic mass is 10.1. The van der Waals surface area contributed by atoms with E-state index < -0.39 is 0 Å². The van der Waals surface area contributed by atoms with Gasteiger partial charge in [-0.3, -0.25) is 9.78 Å². The second-order valence-corrected chi connectivity index (χ2v) is 7.18. The van der Waals surface area contributed by atoms with E-state index in [1.807, 2.05) is 35.5 Å². The van der Waals surface area contributed by atoms with E-state index in [2.05, 4.69) is 42.9 Å². The van der Waals surface area contributed by atoms with Gasteiger partial charge in [-0.1, -0.05) is 18.2 Å². The van der Waals surface area contributed by atoms with Crippen LogP contribution in [0.25, 0.3) is 10.9 Å². The van der Waals surface area contributed by atoms with Gasteiger partial charge >= 0.3 is 0 Å². The molecule has 1 amide bonds. The quantitative estimate of drug-likeness (QED) is 0.736. The van der Waals surface area contributed by atoms with Crippen molar-refractivity contribution in [3.8, 4) is 0 Å². The van der Waals surface area contributed by atoms with Crippen molar-refractivity contribution < 1.29 is 4.79 Å². The summed E-state index contributed by atoms with van der Waals surface area (Å²) in [5, 5.41) is 1.13. The van der Waals surface area contributed by atoms with Crippen molar-refractivity contribution in [2.24, 2.45) is 0 Å². The second kappa shape index (κ2) is 6.88. The number of pyridine rings is 1. The number of amides is 1. The summed E-state index contributed by atoms with van der Waals surface area (Å²) in [4.78, 5) is 24.4. The number of hydrogen-bond acceptors (Lipinski definition) is 3. The van der Waals surface area contributed by atoms with Crippen LogP contribution in [-0.2, 0) is 11.2 Å². The summed E-state index contributed by atoms with van der Waals surface area (Å²) in [6.45, 7) is 3.15. The molecule has 128 valence electrons. The first-order chi connectivity index (χ1) is 12.2. The van der Waals surface area contributed by atoms with E-state index in [-0.39, 0.29) is 5.91 Å². The van der Waals surface area contributed by atoms with Gasteiger partial charge in [0.25, 0.3) is 0 Å². The normalized spacial score (nSPS) is 14.9. The molecule has 0 unspecified atom stereocenters. The fraction of sp³-hybridized carbons (Fsp3) is 0.263. The topological polar surface area (TPSA) is 52.2 Å². The number of carbonyl (C=O) groups is 1. The van der Waals surface area contributed by atoms with Crippen LogP contribution in [0.2, 0.25) is 0 Å². The van der Waals surface area contributed by atoms with Gasteiger partial charge < -0.3 is 14.8 Å². The Bertz CT molecular complexity index is 899. The lowest BCUT2D eigenvalue weighted by Crippen LogP contribution is -2.49. The van der Waals surface area contributed by atoms with Crippen LogP contribution >= 0.6 is 15.9 Å². The zero-order valence-electron chi connectivity index (χ0n) is 13.8. The molecule has 1 N–H and O–H groups in total. The number of halogens is 1. The first kappa shape index (κ1) is 16.1. The van der Waals surface area contributed by atoms with Gasteiger partial charge in [-0.05, 0) is 33.6 Å². The molecule has 0 radical (unpaired) electrons. The van der Waals surface area contributed by atoms with Crippen LogP contribution in [0.4, 0.5) is 5.69 Å². The van der Waals surface area contributed by atoms with Crippen molar-refractivity contribution in [3.05, 3.63) is 59.0 Å². The molecule has 25 heavy (non-hydrogen) atoms. The highest BCUT2D eigenvalue weighted by atomic mass is 79.9. The highest BCUT2D eigenvalue weighted by Crippen LogP contribution is 2.21. The fourth-order valence-electron chi connectivity index (χ4n) is 3.34. The number of nitrogens with one attached hydrogen (secondary N) is 1. The number of anilines is 1. The minimum atomic E-state index is 0.191. The number of rotatable bonds is 3. The van der Waals surface area contributed by atoms with E-state index in [4.69, 9.17) is 0 Å². The third kappa shape index (κ3) is 3.39. The fourth-order valence-corrected chi connectivity index (χ4v) is 3.69. The molecule has 0 aliphatic carbocycles. The Morgan fingerprint density at radius 1 is 1.16 bits per heavy atom. The highest BCUT2D eigenvalue weighted by Gasteiger charge is 2.22. The predicted octanol–water partition coefficient (Wildman–Crippen LogP) is 3.22. The van der Waals surface area contributed by atoms with Crippen LogP contribution in [0.15, 0.2) is 53.4 Å². The molecule has 0 bridgehead atoms. The van der Waals surface area contributed by atoms with Crippen molar-refractivity contribution >= 4 is 38.4 Å². The van der Waals surface area contributed by atoms with E-state index in [1.54, 1.807) is 6.20 Å². The Morgan fingerprint density at radius 3 is 2.76 bits per heavy atom. The Morgan fingerprint density at radius 2 is 1.96 bits per heavy atom. The summed E-state index contributed by atoms with van der Waals surface area (Å²) in [5.41, 5.74) is 3.24. The van der Waals surface area contributed by atoms with Crippen LogP contribution < -0.4 is 4.90 Å². The van der Waals surface area contributed by atoms with Gasteiger partial charge in [0.15, 0.2) is 0 Å². The predicted molar refractivity (Wildman–Crippen MR) is 103 cm³/mol. The van der Waals surface area contributed by atoms with Crippen LogP contribution in [0.3, 0.4) is 0 Å². The number of piperazine rings is 1. The molecular weight excluding hydrogens is 380 g/mol. The maximum Gasteiger partial charge on any atom is 0.227 e. The molecule has 6 heteroatoms. The molecule has 1 saturated heterocycles. The number of aromatic nitrogens is 2. The van der Waals surface area contributed by atoms with Gasteiger partial charge in [0.1, 0.15) is 0 Å². The zero-order valence-corrected chi connectivity index (χ0v) is 15.4. The number of benzene rings is 1. The minimum Gasteiger partial charge on any atom is -0.367 e. The second-order valence-electron chi connectivity index (χ2n) is 6.27. The van der Waals surface area contributed by atoms with Crippen LogP contribution in [-0.4, -0.2) is 47.0 Å². The van der Waals surface area contributed by atoms with E-state index >= 15 is 0 Å². The monoisotopic (exact) mass is 398 g/mol. The van der Waals surface area contributed by atoms with Crippen molar-refractivity contribution in [2.75, 3.05) is 31.1 Å². The number of fused-ring (bicyclic) bond motifs is 1. The van der Waals surface area contributed by atoms with Crippen molar-refractivity contribution in [2.45, 2.75) is 6.42 Å². The lowest BCUT2D eigenvalue weighted by Gasteiger charge is -2.36. The summed E-state index contributed by atoms with van der Waals surface area (Å²) in [6, 6.07) is 10.2. The molecule has 1 aliphatic rings. The van der Waals surface area contributed by atoms with Crippen LogP contribution in [0.5, 0.6) is 0 Å². The van der Waals surface area contributed by atoms with Crippen molar-refractivity contribution in [1.82, 2.24) is 14.9 Å². The Kier molecular flexibility index (Phi) is 4.44. The summed E-state index contributed by atoms with van der Waals surface area (Å²) in [7, 11) is 0. The number of carbonyl (C=O) groups excluding carboxylic acids is 1. The van der Waals surface area contributed by atoms with Crippen molar-refractivity contribution in [1.29, 1.82) is 0 Å². The largest absolute Gasteiger partial charge is 0.367 e. The summed E-state index contributed by atoms with van der Waals surface area (Å²) in [6.07, 6.45) is 6.05. The Hall–Kier alpha value is -2.34. The molecule has 1 aliphatic heterocycles. The van der Waals surface area contributed by atoms with Crippen LogP contribution in [0, 0.1) is 0 Å². The van der Waals surface area contributed by atoms with E-state index in [0.717, 1.165) is 52.8 Å². The SMILES string of the molecule is O=C(Cc1c[nH]c2ccccc12)N1CCN(c2cncc(Br)c2)CC1. The van der Waals surface area contributed by atoms with E-state index in [9.17, 15) is 4.79 Å². The standard InChI is InChI=1S/C19H19BrN4O/c20-15-10-16(13-21-12-15)23-5-7-24(8-6-23)19(25)9-14-11-22-18-4-2-1-3-17(14)18/h1-4,10-13,22H,5-9H2. The first-order valence-corrected chi connectivity index (χ1v) is 9.18. The number of H-pyrrole nitrogens is 1. The molecular formula is C19H19BrN4O. The number of nitrogens with zero attached hydrogens (tertiary/aromatic N) is 3. The first-order valence-electron chi connectivity index (χ1n) is 8.39. The van der Waals surface area contributed by atoms with Crippen molar-refractivity contribution in [3.63, 3.8) is 0 Å². The van der Waals surface area contributed by atoms with Gasteiger partial charge in [-0.2, -0.15) is 0 Å². The molecule has 1 aromatic carbocycles. The number of aromatic amines is 1. The Labute approximate surface area is 154 Å². The van der Waals surface area contributed by atoms with Gasteiger partial charge in [0.05, 0.1) is 18.3 Å². The Balaban J connectivity index is 1.40. The third-order valence-electron chi connectivity index (χ3n) is 4.70. The van der Waals surface area contributed by atoms with Gasteiger partial charge in [-0.25, -0.2) is 0 Å². The molecule has 4 rings (SSSR count). The average molecular weight is 399 g/mol. The maximum atomic E-state index is 12.7. The molecule has 2 aromatic heterocycles. The van der Waals surface area contributed by atoms with Gasteiger partial charge in [0.2, 0.25) is 5.91 Å². The smallest absolute Gasteiger partial charge is 0.227 e. The number of hydrogen-bond donors (Lipinski definition) is 1. The van der Waals surface area contributed by atoms with Gasteiger partial charge in [-0.15, -0.1) is 0 Å². The molecule has 3 heterocycles. The molecule has 3 aromatic rings. The minimum absolute atomic E-state index is 0.191. The zero-order chi connectivity index (χ0) is 17.2. The molecule has 0 saturated carbocycles. The summed E-state index contributed by atoms with van der Waals surface area (Å²) < 4.78 is 0.975. The summed E-state index contributed by atoms with van der Waals surface area (Å²) >= 11 is 3.46. The molecule has 0 atom stereocenters. The van der Waals surface area contributed by atoms with E-state index in [1.165, 1.54) is 0 Å². The average Bonchev–Trinajstić information content (AvgIpc) is 3.05. The van der Waals surface area contributed by atoms with Crippen LogP contribution in [0.1, 0.15) is 5.56 Å². The molecule has 0 spiro atoms. The van der Waals surface area contributed by atoms with Gasteiger partial charge in [0, 0.05) is 53.9 Å². The third-order valence-corrected chi connectivity index (χ3v) is 5.14. The highest BCUT2D eigenvalue weighted by molar-refractivity contribution is 9.10. The summed E-state index contributed by atoms with van der Waals surface area (Å²) in [5.74, 6) is 0.191. The maximum absolute atomic E-state index is 12.7.